The minimum atomic E-state index is -1.14. The molecule has 2 saturated heterocycles. The molecule has 24 heavy (non-hydrogen) atoms. The number of hydrogen-bond donors (Lipinski definition) is 2. The molecule has 3 rings (SSSR count). The first-order chi connectivity index (χ1) is 11.4. The van der Waals surface area contributed by atoms with Crippen LogP contribution in [0.2, 0.25) is 5.02 Å². The fraction of sp³-hybridized carbons (Fsp3) is 0.500. The molecule has 1 aromatic carbocycles. The van der Waals surface area contributed by atoms with Gasteiger partial charge in [0.05, 0.1) is 6.54 Å². The van der Waals surface area contributed by atoms with E-state index in [1.807, 2.05) is 0 Å². The highest BCUT2D eigenvalue weighted by molar-refractivity contribution is 6.30. The summed E-state index contributed by atoms with van der Waals surface area (Å²) in [5, 5.41) is 9.77. The minimum Gasteiger partial charge on any atom is -0.480 e. The Balaban J connectivity index is 1.55. The lowest BCUT2D eigenvalue weighted by Crippen LogP contribution is -2.56. The number of aliphatic carboxylic acids is 1. The molecule has 0 bridgehead atoms. The number of carboxylic acid groups (broad SMARTS) is 1. The van der Waals surface area contributed by atoms with Gasteiger partial charge in [-0.15, -0.1) is 0 Å². The van der Waals surface area contributed by atoms with Crippen LogP contribution in [0, 0.1) is 0 Å². The van der Waals surface area contributed by atoms with Gasteiger partial charge in [-0.2, -0.15) is 0 Å². The molecule has 0 aliphatic carbocycles. The molecule has 2 aliphatic rings. The molecule has 0 spiro atoms. The molecule has 1 amide bonds. The van der Waals surface area contributed by atoms with Crippen molar-refractivity contribution in [3.05, 3.63) is 29.3 Å². The van der Waals surface area contributed by atoms with E-state index in [2.05, 4.69) is 4.90 Å². The van der Waals surface area contributed by atoms with Crippen molar-refractivity contribution in [2.45, 2.75) is 24.5 Å². The van der Waals surface area contributed by atoms with Crippen molar-refractivity contribution >= 4 is 29.4 Å². The van der Waals surface area contributed by atoms with Crippen LogP contribution in [-0.2, 0) is 9.53 Å². The number of halogens is 1. The standard InChI is InChI=1S/C16H20ClN3O4/c17-11-1-3-12(4-2-11)20-10-13(24-15(20)23)9-19-7-5-16(18,6-8-19)14(21)22/h1-4,13H,5-10,18H2,(H,21,22). The van der Waals surface area contributed by atoms with Crippen molar-refractivity contribution in [2.75, 3.05) is 31.1 Å². The highest BCUT2D eigenvalue weighted by atomic mass is 35.5. The van der Waals surface area contributed by atoms with Crippen molar-refractivity contribution < 1.29 is 19.4 Å². The number of rotatable bonds is 4. The van der Waals surface area contributed by atoms with Crippen LogP contribution in [0.4, 0.5) is 10.5 Å². The van der Waals surface area contributed by atoms with Gasteiger partial charge in [-0.05, 0) is 37.1 Å². The van der Waals surface area contributed by atoms with Gasteiger partial charge in [-0.1, -0.05) is 11.6 Å². The summed E-state index contributed by atoms with van der Waals surface area (Å²) in [6.07, 6.45) is 0.162. The first kappa shape index (κ1) is 17.0. The van der Waals surface area contributed by atoms with E-state index in [-0.39, 0.29) is 12.2 Å². The summed E-state index contributed by atoms with van der Waals surface area (Å²) in [6, 6.07) is 7.02. The first-order valence-electron chi connectivity index (χ1n) is 7.86. The van der Waals surface area contributed by atoms with Gasteiger partial charge in [-0.3, -0.25) is 14.6 Å². The third kappa shape index (κ3) is 3.48. The maximum absolute atomic E-state index is 12.1. The second-order valence-corrected chi connectivity index (χ2v) is 6.79. The zero-order valence-corrected chi connectivity index (χ0v) is 13.9. The molecular weight excluding hydrogens is 334 g/mol. The molecule has 0 saturated carbocycles. The quantitative estimate of drug-likeness (QED) is 0.852. The number of nitrogens with two attached hydrogens (primary N) is 1. The van der Waals surface area contributed by atoms with E-state index in [0.717, 1.165) is 5.69 Å². The van der Waals surface area contributed by atoms with Gasteiger partial charge in [0, 0.05) is 30.3 Å². The average molecular weight is 354 g/mol. The van der Waals surface area contributed by atoms with E-state index in [1.165, 1.54) is 0 Å². The summed E-state index contributed by atoms with van der Waals surface area (Å²) in [7, 11) is 0. The number of nitrogens with zero attached hydrogens (tertiary/aromatic N) is 2. The SMILES string of the molecule is NC1(C(=O)O)CCN(CC2CN(c3ccc(Cl)cc3)C(=O)O2)CC1. The van der Waals surface area contributed by atoms with Gasteiger partial charge < -0.3 is 15.6 Å². The topological polar surface area (TPSA) is 96.1 Å². The molecular formula is C16H20ClN3O4. The van der Waals surface area contributed by atoms with Crippen LogP contribution in [0.3, 0.4) is 0 Å². The first-order valence-corrected chi connectivity index (χ1v) is 8.23. The number of carboxylic acids is 1. The molecule has 2 aliphatic heterocycles. The Morgan fingerprint density at radius 1 is 1.33 bits per heavy atom. The highest BCUT2D eigenvalue weighted by Gasteiger charge is 2.39. The Labute approximate surface area is 144 Å². The lowest BCUT2D eigenvalue weighted by molar-refractivity contribution is -0.145. The Morgan fingerprint density at radius 2 is 1.96 bits per heavy atom. The smallest absolute Gasteiger partial charge is 0.414 e. The van der Waals surface area contributed by atoms with Crippen LogP contribution < -0.4 is 10.6 Å². The maximum Gasteiger partial charge on any atom is 0.414 e. The van der Waals surface area contributed by atoms with Gasteiger partial charge in [0.15, 0.2) is 0 Å². The molecule has 0 radical (unpaired) electrons. The van der Waals surface area contributed by atoms with E-state index in [0.29, 0.717) is 44.0 Å². The average Bonchev–Trinajstić information content (AvgIpc) is 2.91. The monoisotopic (exact) mass is 353 g/mol. The van der Waals surface area contributed by atoms with Crippen molar-refractivity contribution in [3.63, 3.8) is 0 Å². The lowest BCUT2D eigenvalue weighted by Gasteiger charge is -2.36. The molecule has 130 valence electrons. The van der Waals surface area contributed by atoms with Gasteiger partial charge in [0.1, 0.15) is 11.6 Å². The Kier molecular flexibility index (Phi) is 4.67. The van der Waals surface area contributed by atoms with Crippen LogP contribution in [-0.4, -0.2) is 59.9 Å². The molecule has 0 aromatic heterocycles. The predicted molar refractivity (Wildman–Crippen MR) is 89.3 cm³/mol. The van der Waals surface area contributed by atoms with Crippen LogP contribution in [0.15, 0.2) is 24.3 Å². The molecule has 7 nitrogen and oxygen atoms in total. The molecule has 2 fully saturated rings. The number of ether oxygens (including phenoxy) is 1. The van der Waals surface area contributed by atoms with Gasteiger partial charge in [0.2, 0.25) is 0 Å². The fourth-order valence-electron chi connectivity index (χ4n) is 3.08. The number of anilines is 1. The fourth-order valence-corrected chi connectivity index (χ4v) is 3.21. The van der Waals surface area contributed by atoms with Gasteiger partial charge >= 0.3 is 12.1 Å². The Hall–Kier alpha value is -1.83. The number of piperidine rings is 1. The summed E-state index contributed by atoms with van der Waals surface area (Å²) in [5.74, 6) is -0.955. The second kappa shape index (κ2) is 6.58. The normalized spacial score (nSPS) is 24.0. The minimum absolute atomic E-state index is 0.247. The van der Waals surface area contributed by atoms with Crippen molar-refractivity contribution in [1.82, 2.24) is 4.90 Å². The van der Waals surface area contributed by atoms with Crippen LogP contribution >= 0.6 is 11.6 Å². The van der Waals surface area contributed by atoms with Crippen molar-refractivity contribution in [3.8, 4) is 0 Å². The van der Waals surface area contributed by atoms with E-state index in [9.17, 15) is 9.59 Å². The van der Waals surface area contributed by atoms with E-state index in [4.69, 9.17) is 27.2 Å². The van der Waals surface area contributed by atoms with Gasteiger partial charge in [0.25, 0.3) is 0 Å². The number of benzene rings is 1. The summed E-state index contributed by atoms with van der Waals surface area (Å²) in [6.45, 7) is 2.20. The summed E-state index contributed by atoms with van der Waals surface area (Å²) >= 11 is 5.86. The van der Waals surface area contributed by atoms with Crippen molar-refractivity contribution in [2.24, 2.45) is 5.73 Å². The van der Waals surface area contributed by atoms with Crippen LogP contribution in [0.1, 0.15) is 12.8 Å². The summed E-state index contributed by atoms with van der Waals surface area (Å²) < 4.78 is 5.43. The number of carbonyl (C=O) groups excluding carboxylic acids is 1. The van der Waals surface area contributed by atoms with Crippen LogP contribution in [0.5, 0.6) is 0 Å². The predicted octanol–water partition coefficient (Wildman–Crippen LogP) is 1.54. The van der Waals surface area contributed by atoms with Crippen LogP contribution in [0.25, 0.3) is 0 Å². The van der Waals surface area contributed by atoms with E-state index >= 15 is 0 Å². The third-order valence-electron chi connectivity index (χ3n) is 4.65. The number of likely N-dealkylation sites (tertiary alicyclic amines) is 1. The zero-order valence-electron chi connectivity index (χ0n) is 13.2. The molecule has 1 aromatic rings. The largest absolute Gasteiger partial charge is 0.480 e. The highest BCUT2D eigenvalue weighted by Crippen LogP contribution is 2.25. The molecule has 3 N–H and O–H groups in total. The Morgan fingerprint density at radius 3 is 2.54 bits per heavy atom. The number of carbonyl (C=O) groups is 2. The van der Waals surface area contributed by atoms with Crippen molar-refractivity contribution in [1.29, 1.82) is 0 Å². The summed E-state index contributed by atoms with van der Waals surface area (Å²) in [4.78, 5) is 26.9. The van der Waals surface area contributed by atoms with E-state index in [1.54, 1.807) is 29.2 Å². The molecule has 1 unspecified atom stereocenters. The summed E-state index contributed by atoms with van der Waals surface area (Å²) in [5.41, 5.74) is 5.48. The Bertz CT molecular complexity index is 629. The maximum atomic E-state index is 12.1. The number of hydrogen-bond acceptors (Lipinski definition) is 5. The molecule has 8 heteroatoms. The third-order valence-corrected chi connectivity index (χ3v) is 4.90. The zero-order chi connectivity index (χ0) is 17.3. The molecule has 1 atom stereocenters. The number of amides is 1. The lowest BCUT2D eigenvalue weighted by atomic mass is 9.89. The second-order valence-electron chi connectivity index (χ2n) is 6.35. The number of cyclic esters (lactones) is 1. The van der Waals surface area contributed by atoms with E-state index < -0.39 is 11.5 Å². The van der Waals surface area contributed by atoms with Gasteiger partial charge in [-0.25, -0.2) is 4.79 Å². The molecule has 2 heterocycles.